The summed E-state index contributed by atoms with van der Waals surface area (Å²) in [6, 6.07) is 7.68. The number of rotatable bonds is 3. The fourth-order valence-corrected chi connectivity index (χ4v) is 5.52. The number of hydrogen-bond donors (Lipinski definition) is 0. The summed E-state index contributed by atoms with van der Waals surface area (Å²) < 4.78 is 35.2. The van der Waals surface area contributed by atoms with Gasteiger partial charge < -0.3 is 4.42 Å². The van der Waals surface area contributed by atoms with E-state index in [1.165, 1.54) is 0 Å². The monoisotopic (exact) mass is 363 g/mol. The van der Waals surface area contributed by atoms with Crippen LogP contribution in [0.2, 0.25) is 0 Å². The third-order valence-electron chi connectivity index (χ3n) is 5.44. The molecule has 0 radical (unpaired) electrons. The van der Waals surface area contributed by atoms with Crippen LogP contribution in [0.1, 0.15) is 44.4 Å². The number of fused-ring (bicyclic) bond motifs is 1. The summed E-state index contributed by atoms with van der Waals surface area (Å²) in [6.45, 7) is 4.50. The minimum atomic E-state index is -3.38. The summed E-state index contributed by atoms with van der Waals surface area (Å²) in [5.74, 6) is 1.30. The highest BCUT2D eigenvalue weighted by Crippen LogP contribution is 2.31. The van der Waals surface area contributed by atoms with Crippen LogP contribution in [0.15, 0.2) is 28.7 Å². The van der Waals surface area contributed by atoms with Gasteiger partial charge >= 0.3 is 0 Å². The highest BCUT2D eigenvalue weighted by Gasteiger charge is 2.36. The normalized spacial score (nSPS) is 24.8. The van der Waals surface area contributed by atoms with Gasteiger partial charge in [0.25, 0.3) is 10.2 Å². The number of oxazole rings is 1. The summed E-state index contributed by atoms with van der Waals surface area (Å²) in [4.78, 5) is 4.57. The van der Waals surface area contributed by atoms with Crippen molar-refractivity contribution >= 4 is 21.3 Å². The number of nitrogens with zero attached hydrogens (tertiary/aromatic N) is 3. The van der Waals surface area contributed by atoms with Crippen LogP contribution in [0.5, 0.6) is 0 Å². The molecule has 136 valence electrons. The molecular weight excluding hydrogens is 338 g/mol. The molecule has 2 saturated heterocycles. The Kier molecular flexibility index (Phi) is 4.56. The molecular formula is C18H25N3O3S. The van der Waals surface area contributed by atoms with E-state index >= 15 is 0 Å². The van der Waals surface area contributed by atoms with Gasteiger partial charge in [0.1, 0.15) is 5.52 Å². The minimum Gasteiger partial charge on any atom is -0.440 e. The molecule has 4 rings (SSSR count). The maximum Gasteiger partial charge on any atom is 0.281 e. The SMILES string of the molecule is CC1CCN(S(=O)(=O)N2CCC[C@H](c3nc4ccccc4o3)C2)CC1. The smallest absolute Gasteiger partial charge is 0.281 e. The molecule has 0 amide bonds. The molecule has 0 N–H and O–H groups in total. The Morgan fingerprint density at radius 2 is 1.84 bits per heavy atom. The fourth-order valence-electron chi connectivity index (χ4n) is 3.80. The number of piperidine rings is 2. The van der Waals surface area contributed by atoms with Gasteiger partial charge in [-0.15, -0.1) is 0 Å². The van der Waals surface area contributed by atoms with Crippen molar-refractivity contribution in [3.8, 4) is 0 Å². The second-order valence-electron chi connectivity index (χ2n) is 7.31. The van der Waals surface area contributed by atoms with Crippen molar-refractivity contribution in [2.45, 2.75) is 38.5 Å². The Morgan fingerprint density at radius 1 is 1.08 bits per heavy atom. The second-order valence-corrected chi connectivity index (χ2v) is 9.23. The molecule has 2 fully saturated rings. The summed E-state index contributed by atoms with van der Waals surface area (Å²) in [7, 11) is -3.38. The largest absolute Gasteiger partial charge is 0.440 e. The summed E-state index contributed by atoms with van der Waals surface area (Å²) >= 11 is 0. The second kappa shape index (κ2) is 6.70. The summed E-state index contributed by atoms with van der Waals surface area (Å²) in [5.41, 5.74) is 1.60. The number of benzene rings is 1. The minimum absolute atomic E-state index is 0.0274. The molecule has 2 aliphatic rings. The first-order valence-corrected chi connectivity index (χ1v) is 10.5. The van der Waals surface area contributed by atoms with Crippen LogP contribution in [0.25, 0.3) is 11.1 Å². The zero-order valence-electron chi connectivity index (χ0n) is 14.6. The highest BCUT2D eigenvalue weighted by molar-refractivity contribution is 7.86. The standard InChI is InChI=1S/C18H25N3O3S/c1-14-8-11-20(12-9-14)25(22,23)21-10-4-5-15(13-21)18-19-16-6-2-3-7-17(16)24-18/h2-3,6-7,14-15H,4-5,8-13H2,1H3/t15-/m0/s1. The van der Waals surface area contributed by atoms with Crippen LogP contribution in [0.4, 0.5) is 0 Å². The van der Waals surface area contributed by atoms with Crippen LogP contribution in [0.3, 0.4) is 0 Å². The van der Waals surface area contributed by atoms with E-state index in [-0.39, 0.29) is 5.92 Å². The van der Waals surface area contributed by atoms with Crippen molar-refractivity contribution in [1.29, 1.82) is 0 Å². The average Bonchev–Trinajstić information content (AvgIpc) is 3.06. The first kappa shape index (κ1) is 17.0. The molecule has 1 atom stereocenters. The molecule has 2 aliphatic heterocycles. The van der Waals surface area contributed by atoms with Gasteiger partial charge in [0.2, 0.25) is 0 Å². The summed E-state index contributed by atoms with van der Waals surface area (Å²) in [6.07, 6.45) is 3.64. The molecule has 3 heterocycles. The predicted octanol–water partition coefficient (Wildman–Crippen LogP) is 2.98. The molecule has 0 bridgehead atoms. The Balaban J connectivity index is 1.52. The third-order valence-corrected chi connectivity index (χ3v) is 7.44. The Bertz CT molecular complexity index is 807. The highest BCUT2D eigenvalue weighted by atomic mass is 32.2. The predicted molar refractivity (Wildman–Crippen MR) is 96.4 cm³/mol. The van der Waals surface area contributed by atoms with Crippen molar-refractivity contribution in [3.63, 3.8) is 0 Å². The van der Waals surface area contributed by atoms with Gasteiger partial charge in [0.05, 0.1) is 0 Å². The van der Waals surface area contributed by atoms with Gasteiger partial charge in [-0.3, -0.25) is 0 Å². The first-order chi connectivity index (χ1) is 12.0. The van der Waals surface area contributed by atoms with E-state index in [0.29, 0.717) is 38.0 Å². The molecule has 1 aromatic carbocycles. The Labute approximate surface area is 149 Å². The molecule has 1 aromatic heterocycles. The quantitative estimate of drug-likeness (QED) is 0.841. The van der Waals surface area contributed by atoms with Crippen molar-refractivity contribution in [2.75, 3.05) is 26.2 Å². The molecule has 6 nitrogen and oxygen atoms in total. The van der Waals surface area contributed by atoms with Crippen LogP contribution in [0, 0.1) is 5.92 Å². The van der Waals surface area contributed by atoms with E-state index in [4.69, 9.17) is 4.42 Å². The lowest BCUT2D eigenvalue weighted by Crippen LogP contribution is -2.49. The molecule has 0 saturated carbocycles. The van der Waals surface area contributed by atoms with E-state index in [1.807, 2.05) is 24.3 Å². The van der Waals surface area contributed by atoms with E-state index < -0.39 is 10.2 Å². The van der Waals surface area contributed by atoms with E-state index in [0.717, 1.165) is 36.8 Å². The Morgan fingerprint density at radius 3 is 2.60 bits per heavy atom. The lowest BCUT2D eigenvalue weighted by Gasteiger charge is -2.37. The van der Waals surface area contributed by atoms with E-state index in [9.17, 15) is 8.42 Å². The zero-order valence-corrected chi connectivity index (χ0v) is 15.4. The maximum atomic E-state index is 13.0. The van der Waals surface area contributed by atoms with Gasteiger partial charge in [0, 0.05) is 32.1 Å². The van der Waals surface area contributed by atoms with Crippen molar-refractivity contribution < 1.29 is 12.8 Å². The van der Waals surface area contributed by atoms with E-state index in [1.54, 1.807) is 8.61 Å². The number of aromatic nitrogens is 1. The lowest BCUT2D eigenvalue weighted by atomic mass is 10.00. The van der Waals surface area contributed by atoms with Crippen LogP contribution >= 0.6 is 0 Å². The Hall–Kier alpha value is -1.44. The van der Waals surface area contributed by atoms with Crippen LogP contribution in [-0.2, 0) is 10.2 Å². The third kappa shape index (κ3) is 3.32. The van der Waals surface area contributed by atoms with Gasteiger partial charge in [0.15, 0.2) is 11.5 Å². The topological polar surface area (TPSA) is 66.7 Å². The van der Waals surface area contributed by atoms with Gasteiger partial charge in [-0.2, -0.15) is 17.0 Å². The zero-order chi connectivity index (χ0) is 17.4. The molecule has 7 heteroatoms. The maximum absolute atomic E-state index is 13.0. The summed E-state index contributed by atoms with van der Waals surface area (Å²) in [5, 5.41) is 0. The fraction of sp³-hybridized carbons (Fsp3) is 0.611. The molecule has 25 heavy (non-hydrogen) atoms. The van der Waals surface area contributed by atoms with Crippen molar-refractivity contribution in [2.24, 2.45) is 5.92 Å². The number of para-hydroxylation sites is 2. The molecule has 2 aromatic rings. The molecule has 0 aliphatic carbocycles. The molecule has 0 unspecified atom stereocenters. The lowest BCUT2D eigenvalue weighted by molar-refractivity contribution is 0.238. The van der Waals surface area contributed by atoms with E-state index in [2.05, 4.69) is 11.9 Å². The van der Waals surface area contributed by atoms with Crippen molar-refractivity contribution in [3.05, 3.63) is 30.2 Å². The first-order valence-electron chi connectivity index (χ1n) is 9.15. The van der Waals surface area contributed by atoms with Gasteiger partial charge in [-0.25, -0.2) is 4.98 Å². The number of hydrogen-bond acceptors (Lipinski definition) is 4. The van der Waals surface area contributed by atoms with Gasteiger partial charge in [-0.1, -0.05) is 19.1 Å². The molecule has 0 spiro atoms. The average molecular weight is 363 g/mol. The van der Waals surface area contributed by atoms with Gasteiger partial charge in [-0.05, 0) is 43.7 Å². The van der Waals surface area contributed by atoms with Crippen LogP contribution < -0.4 is 0 Å². The van der Waals surface area contributed by atoms with Crippen molar-refractivity contribution in [1.82, 2.24) is 13.6 Å². The van der Waals surface area contributed by atoms with Crippen LogP contribution in [-0.4, -0.2) is 48.2 Å².